The largest absolute Gasteiger partial charge is 0.416 e. The van der Waals surface area contributed by atoms with E-state index < -0.39 is 11.7 Å². The summed E-state index contributed by atoms with van der Waals surface area (Å²) in [6.45, 7) is 0.816. The van der Waals surface area contributed by atoms with Crippen molar-refractivity contribution in [1.29, 1.82) is 0 Å². The van der Waals surface area contributed by atoms with Gasteiger partial charge in [0.15, 0.2) is 11.5 Å². The number of fused-ring (bicyclic) bond motifs is 1. The first-order valence-corrected chi connectivity index (χ1v) is 9.31. The third-order valence-electron chi connectivity index (χ3n) is 4.49. The van der Waals surface area contributed by atoms with Crippen LogP contribution < -0.4 is 16.4 Å². The third-order valence-corrected chi connectivity index (χ3v) is 4.49. The molecule has 0 aliphatic rings. The Kier molecular flexibility index (Phi) is 5.54. The topological polar surface area (TPSA) is 135 Å². The molecule has 3 heterocycles. The van der Waals surface area contributed by atoms with Gasteiger partial charge >= 0.3 is 6.18 Å². The Hall–Kier alpha value is -4.29. The molecule has 3 aromatic heterocycles. The van der Waals surface area contributed by atoms with Crippen molar-refractivity contribution in [2.75, 3.05) is 29.5 Å². The number of hydrogen-bond acceptors (Lipinski definition) is 9. The van der Waals surface area contributed by atoms with Gasteiger partial charge in [-0.25, -0.2) is 15.0 Å². The third kappa shape index (κ3) is 4.40. The van der Waals surface area contributed by atoms with Crippen molar-refractivity contribution in [3.8, 4) is 11.3 Å². The number of pyridine rings is 1. The number of aromatic nitrogens is 5. The fourth-order valence-corrected chi connectivity index (χ4v) is 2.93. The normalized spacial score (nSPS) is 11.5. The molecule has 0 saturated heterocycles. The summed E-state index contributed by atoms with van der Waals surface area (Å²) in [5, 5.41) is 13.0. The fraction of sp³-hybridized carbons (Fsp3) is 0.158. The van der Waals surface area contributed by atoms with Gasteiger partial charge in [-0.1, -0.05) is 12.1 Å². The molecule has 13 heteroatoms. The monoisotopic (exact) mass is 443 g/mol. The molecular weight excluding hydrogens is 427 g/mol. The Morgan fingerprint density at radius 2 is 1.78 bits per heavy atom. The molecule has 0 atom stereocenters. The van der Waals surface area contributed by atoms with Gasteiger partial charge in [0.1, 0.15) is 17.8 Å². The number of rotatable bonds is 7. The molecule has 0 amide bonds. The highest BCUT2D eigenvalue weighted by Gasteiger charge is 2.30. The minimum atomic E-state index is -4.41. The Morgan fingerprint density at radius 3 is 2.47 bits per heavy atom. The van der Waals surface area contributed by atoms with Gasteiger partial charge < -0.3 is 16.4 Å². The minimum absolute atomic E-state index is 0.0215. The van der Waals surface area contributed by atoms with Gasteiger partial charge in [0.05, 0.1) is 11.3 Å². The molecule has 4 rings (SSSR count). The Balaban J connectivity index is 1.48. The maximum Gasteiger partial charge on any atom is 0.416 e. The maximum atomic E-state index is 12.8. The van der Waals surface area contributed by atoms with Gasteiger partial charge in [-0.05, 0) is 29.4 Å². The van der Waals surface area contributed by atoms with E-state index in [9.17, 15) is 18.1 Å². The first-order chi connectivity index (χ1) is 15.3. The molecule has 10 nitrogen and oxygen atoms in total. The predicted octanol–water partition coefficient (Wildman–Crippen LogP) is 3.71. The van der Waals surface area contributed by atoms with Crippen LogP contribution in [0.25, 0.3) is 16.9 Å². The zero-order valence-corrected chi connectivity index (χ0v) is 16.3. The van der Waals surface area contributed by atoms with E-state index in [-0.39, 0.29) is 11.5 Å². The van der Waals surface area contributed by atoms with Gasteiger partial charge in [-0.3, -0.25) is 0 Å². The number of nitrogen functional groups attached to an aromatic ring is 1. The number of nitrogens with zero attached hydrogens (tertiary/aromatic N) is 6. The number of alkyl halides is 3. The summed E-state index contributed by atoms with van der Waals surface area (Å²) in [7, 11) is 0. The summed E-state index contributed by atoms with van der Waals surface area (Å²) in [6.07, 6.45) is -3.06. The van der Waals surface area contributed by atoms with Crippen LogP contribution >= 0.6 is 0 Å². The highest BCUT2D eigenvalue weighted by molar-refractivity contribution is 5.66. The van der Waals surface area contributed by atoms with Crippen LogP contribution in [0.3, 0.4) is 0 Å². The zero-order chi connectivity index (χ0) is 22.7. The molecule has 0 saturated carbocycles. The highest BCUT2D eigenvalue weighted by atomic mass is 19.4. The highest BCUT2D eigenvalue weighted by Crippen LogP contribution is 2.31. The van der Waals surface area contributed by atoms with Crippen LogP contribution in [0.4, 0.5) is 36.4 Å². The van der Waals surface area contributed by atoms with Gasteiger partial charge in [0, 0.05) is 24.7 Å². The number of halogens is 3. The lowest BCUT2D eigenvalue weighted by molar-refractivity contribution is -0.137. The molecule has 0 unspecified atom stereocenters. The quantitative estimate of drug-likeness (QED) is 0.291. The Labute approximate surface area is 178 Å². The SMILES string of the molecule is Nc1nc(NCCNc2nc(-c3ccc(C(F)(F)F)cc3)cc3ncnn23)ccc1N=O. The lowest BCUT2D eigenvalue weighted by Crippen LogP contribution is -2.17. The lowest BCUT2D eigenvalue weighted by atomic mass is 10.1. The average molecular weight is 443 g/mol. The average Bonchev–Trinajstić information content (AvgIpc) is 3.25. The summed E-state index contributed by atoms with van der Waals surface area (Å²) < 4.78 is 40.0. The van der Waals surface area contributed by atoms with E-state index in [2.05, 4.69) is 35.9 Å². The standard InChI is InChI=1S/C19H16F3N9O/c20-19(21,22)12-3-1-11(2-4-12)14-9-16-26-10-27-31(16)18(28-14)25-8-7-24-15-6-5-13(30-32)17(23)29-15/h1-6,9-10H,7-8H2,(H,25,28)(H3,23,24,29). The van der Waals surface area contributed by atoms with E-state index in [1.54, 1.807) is 12.1 Å². The van der Waals surface area contributed by atoms with Crippen LogP contribution in [0.1, 0.15) is 5.56 Å². The number of nitrogens with two attached hydrogens (primary N) is 1. The van der Waals surface area contributed by atoms with Crippen molar-refractivity contribution < 1.29 is 13.2 Å². The van der Waals surface area contributed by atoms with Crippen molar-refractivity contribution in [2.45, 2.75) is 6.18 Å². The number of nitrogens with one attached hydrogen (secondary N) is 2. The summed E-state index contributed by atoms with van der Waals surface area (Å²) >= 11 is 0. The molecule has 0 radical (unpaired) electrons. The van der Waals surface area contributed by atoms with Gasteiger partial charge in [0.25, 0.3) is 0 Å². The van der Waals surface area contributed by atoms with E-state index in [0.29, 0.717) is 41.8 Å². The molecule has 0 aliphatic heterocycles. The van der Waals surface area contributed by atoms with Crippen LogP contribution in [0.2, 0.25) is 0 Å². The molecular formula is C19H16F3N9O. The summed E-state index contributed by atoms with van der Waals surface area (Å²) in [4.78, 5) is 23.2. The second kappa shape index (κ2) is 8.45. The van der Waals surface area contributed by atoms with Crippen molar-refractivity contribution >= 4 is 28.9 Å². The maximum absolute atomic E-state index is 12.8. The molecule has 32 heavy (non-hydrogen) atoms. The second-order valence-corrected chi connectivity index (χ2v) is 6.62. The smallest absolute Gasteiger partial charge is 0.382 e. The number of hydrogen-bond donors (Lipinski definition) is 3. The van der Waals surface area contributed by atoms with E-state index in [1.165, 1.54) is 29.0 Å². The Bertz CT molecular complexity index is 1260. The van der Waals surface area contributed by atoms with E-state index >= 15 is 0 Å². The summed E-state index contributed by atoms with van der Waals surface area (Å²) in [5.74, 6) is 0.854. The van der Waals surface area contributed by atoms with Crippen LogP contribution in [0.5, 0.6) is 0 Å². The number of anilines is 3. The van der Waals surface area contributed by atoms with Crippen molar-refractivity contribution in [3.63, 3.8) is 0 Å². The van der Waals surface area contributed by atoms with E-state index in [1.807, 2.05) is 0 Å². The molecule has 0 bridgehead atoms. The molecule has 164 valence electrons. The minimum Gasteiger partial charge on any atom is -0.382 e. The van der Waals surface area contributed by atoms with Crippen LogP contribution in [0.15, 0.2) is 54.0 Å². The second-order valence-electron chi connectivity index (χ2n) is 6.62. The molecule has 0 spiro atoms. The molecule has 4 N–H and O–H groups in total. The predicted molar refractivity (Wildman–Crippen MR) is 112 cm³/mol. The van der Waals surface area contributed by atoms with Gasteiger partial charge in [-0.15, -0.1) is 4.91 Å². The van der Waals surface area contributed by atoms with Crippen molar-refractivity contribution in [2.24, 2.45) is 5.18 Å². The molecule has 4 aromatic rings. The van der Waals surface area contributed by atoms with Crippen LogP contribution in [0, 0.1) is 4.91 Å². The molecule has 0 aliphatic carbocycles. The Morgan fingerprint density at radius 1 is 1.03 bits per heavy atom. The summed E-state index contributed by atoms with van der Waals surface area (Å²) in [5.41, 5.74) is 6.39. The van der Waals surface area contributed by atoms with Crippen molar-refractivity contribution in [1.82, 2.24) is 24.6 Å². The first kappa shape index (κ1) is 21.0. The van der Waals surface area contributed by atoms with Crippen molar-refractivity contribution in [3.05, 3.63) is 59.3 Å². The number of nitroso groups, excluding NO2 is 1. The summed E-state index contributed by atoms with van der Waals surface area (Å²) in [6, 6.07) is 9.40. The first-order valence-electron chi connectivity index (χ1n) is 9.31. The molecule has 1 aromatic carbocycles. The number of benzene rings is 1. The lowest BCUT2D eigenvalue weighted by Gasteiger charge is -2.11. The molecule has 0 fully saturated rings. The van der Waals surface area contributed by atoms with Gasteiger partial charge in [0.2, 0.25) is 5.95 Å². The van der Waals surface area contributed by atoms with Crippen LogP contribution in [-0.2, 0) is 6.18 Å². The van der Waals surface area contributed by atoms with Gasteiger partial charge in [-0.2, -0.15) is 22.8 Å². The zero-order valence-electron chi connectivity index (χ0n) is 16.3. The van der Waals surface area contributed by atoms with E-state index in [4.69, 9.17) is 5.73 Å². The van der Waals surface area contributed by atoms with Crippen LogP contribution in [-0.4, -0.2) is 37.7 Å². The van der Waals surface area contributed by atoms with E-state index in [0.717, 1.165) is 12.1 Å². The fourth-order valence-electron chi connectivity index (χ4n) is 2.93.